The van der Waals surface area contributed by atoms with Crippen LogP contribution in [-0.4, -0.2) is 74.6 Å². The normalized spacial score (nSPS) is 21.0. The molecule has 2 heterocycles. The molecule has 0 aromatic carbocycles. The molecule has 0 spiro atoms. The number of fused-ring (bicyclic) bond motifs is 1. The molecule has 0 saturated heterocycles. The third kappa shape index (κ3) is 3.34. The molecule has 0 bridgehead atoms. The molecule has 138 valence electrons. The number of carbonyl (C=O) groups is 2. The van der Waals surface area contributed by atoms with E-state index in [0.717, 1.165) is 37.3 Å². The molecule has 1 aliphatic carbocycles. The monoisotopic (exact) mass is 348 g/mol. The molecule has 3 rings (SSSR count). The van der Waals surface area contributed by atoms with Gasteiger partial charge < -0.3 is 19.3 Å². The fourth-order valence-electron chi connectivity index (χ4n) is 3.85. The van der Waals surface area contributed by atoms with Crippen LogP contribution >= 0.6 is 0 Å². The maximum Gasteiger partial charge on any atom is 0.321 e. The van der Waals surface area contributed by atoms with Gasteiger partial charge in [0.15, 0.2) is 5.82 Å². The lowest BCUT2D eigenvalue weighted by atomic mass is 9.94. The first-order valence-electron chi connectivity index (χ1n) is 9.03. The minimum atomic E-state index is -0.518. The summed E-state index contributed by atoms with van der Waals surface area (Å²) in [4.78, 5) is 30.9. The van der Waals surface area contributed by atoms with Gasteiger partial charge in [-0.25, -0.2) is 4.79 Å². The Morgan fingerprint density at radius 1 is 1.08 bits per heavy atom. The van der Waals surface area contributed by atoms with Crippen LogP contribution in [0.15, 0.2) is 0 Å². The number of hydrogen-bond acceptors (Lipinski definition) is 4. The standard InChI is InChI=1S/C17H28N6O2/c1-12-18-19-15-11-23(14(10-22(12)15)16(24)20(2)3)17(25)21(4)13-8-6-5-7-9-13/h13-14H,5-11H2,1-4H3. The van der Waals surface area contributed by atoms with E-state index >= 15 is 0 Å². The van der Waals surface area contributed by atoms with E-state index in [9.17, 15) is 9.59 Å². The van der Waals surface area contributed by atoms with Crippen molar-refractivity contribution in [3.63, 3.8) is 0 Å². The van der Waals surface area contributed by atoms with Crippen molar-refractivity contribution in [2.75, 3.05) is 21.1 Å². The first-order chi connectivity index (χ1) is 11.9. The largest absolute Gasteiger partial charge is 0.347 e. The van der Waals surface area contributed by atoms with Crippen LogP contribution in [0.4, 0.5) is 4.79 Å². The lowest BCUT2D eigenvalue weighted by molar-refractivity contribution is -0.135. The first-order valence-corrected chi connectivity index (χ1v) is 9.03. The minimum absolute atomic E-state index is 0.0656. The summed E-state index contributed by atoms with van der Waals surface area (Å²) in [5.74, 6) is 1.45. The summed E-state index contributed by atoms with van der Waals surface area (Å²) < 4.78 is 1.94. The van der Waals surface area contributed by atoms with Gasteiger partial charge in [-0.05, 0) is 19.8 Å². The van der Waals surface area contributed by atoms with Gasteiger partial charge in [-0.2, -0.15) is 0 Å². The summed E-state index contributed by atoms with van der Waals surface area (Å²) in [5, 5.41) is 8.28. The topological polar surface area (TPSA) is 74.6 Å². The highest BCUT2D eigenvalue weighted by Crippen LogP contribution is 2.25. The van der Waals surface area contributed by atoms with Crippen LogP contribution in [0.1, 0.15) is 43.8 Å². The number of aromatic nitrogens is 3. The fourth-order valence-corrected chi connectivity index (χ4v) is 3.85. The van der Waals surface area contributed by atoms with Gasteiger partial charge in [0.2, 0.25) is 5.91 Å². The van der Waals surface area contributed by atoms with Crippen molar-refractivity contribution in [1.29, 1.82) is 0 Å². The number of rotatable bonds is 2. The average molecular weight is 348 g/mol. The Labute approximate surface area is 148 Å². The molecule has 1 atom stereocenters. The van der Waals surface area contributed by atoms with Crippen LogP contribution in [0, 0.1) is 6.92 Å². The van der Waals surface area contributed by atoms with Gasteiger partial charge in [-0.3, -0.25) is 4.79 Å². The summed E-state index contributed by atoms with van der Waals surface area (Å²) in [7, 11) is 5.31. The highest BCUT2D eigenvalue weighted by atomic mass is 16.2. The third-order valence-corrected chi connectivity index (χ3v) is 5.45. The highest BCUT2D eigenvalue weighted by molar-refractivity contribution is 5.87. The summed E-state index contributed by atoms with van der Waals surface area (Å²) in [5.41, 5.74) is 0. The first kappa shape index (κ1) is 17.7. The Balaban J connectivity index is 1.85. The van der Waals surface area contributed by atoms with Crippen LogP contribution in [-0.2, 0) is 17.9 Å². The molecule has 8 heteroatoms. The second-order valence-electron chi connectivity index (χ2n) is 7.34. The summed E-state index contributed by atoms with van der Waals surface area (Å²) in [6.45, 7) is 2.61. The molecule has 3 amide bonds. The van der Waals surface area contributed by atoms with E-state index < -0.39 is 6.04 Å². The summed E-state index contributed by atoms with van der Waals surface area (Å²) >= 11 is 0. The highest BCUT2D eigenvalue weighted by Gasteiger charge is 2.39. The second kappa shape index (κ2) is 7.01. The quantitative estimate of drug-likeness (QED) is 0.806. The van der Waals surface area contributed by atoms with Crippen molar-refractivity contribution >= 4 is 11.9 Å². The Hall–Kier alpha value is -2.12. The van der Waals surface area contributed by atoms with Crippen molar-refractivity contribution in [1.82, 2.24) is 29.5 Å². The van der Waals surface area contributed by atoms with Crippen molar-refractivity contribution < 1.29 is 9.59 Å². The number of aryl methyl sites for hydroxylation is 1. The zero-order valence-corrected chi connectivity index (χ0v) is 15.6. The number of nitrogens with zero attached hydrogens (tertiary/aromatic N) is 6. The lowest BCUT2D eigenvalue weighted by Crippen LogP contribution is -2.58. The molecule has 2 aliphatic rings. The van der Waals surface area contributed by atoms with Crippen LogP contribution in [0.25, 0.3) is 0 Å². The van der Waals surface area contributed by atoms with E-state index in [0.29, 0.717) is 13.1 Å². The Morgan fingerprint density at radius 3 is 2.40 bits per heavy atom. The fraction of sp³-hybridized carbons (Fsp3) is 0.765. The van der Waals surface area contributed by atoms with E-state index in [4.69, 9.17) is 0 Å². The maximum atomic E-state index is 13.2. The molecule has 1 aliphatic heterocycles. The summed E-state index contributed by atoms with van der Waals surface area (Å²) in [6, 6.07) is -0.340. The van der Waals surface area contributed by atoms with E-state index in [1.54, 1.807) is 23.9 Å². The number of urea groups is 1. The predicted octanol–water partition coefficient (Wildman–Crippen LogP) is 1.24. The maximum absolute atomic E-state index is 13.2. The predicted molar refractivity (Wildman–Crippen MR) is 92.8 cm³/mol. The van der Waals surface area contributed by atoms with E-state index in [-0.39, 0.29) is 18.0 Å². The number of carbonyl (C=O) groups excluding carboxylic acids is 2. The molecule has 25 heavy (non-hydrogen) atoms. The summed E-state index contributed by atoms with van der Waals surface area (Å²) in [6.07, 6.45) is 5.65. The number of hydrogen-bond donors (Lipinski definition) is 0. The Morgan fingerprint density at radius 2 is 1.76 bits per heavy atom. The van der Waals surface area contributed by atoms with Gasteiger partial charge in [0.25, 0.3) is 0 Å². The molecular formula is C17H28N6O2. The van der Waals surface area contributed by atoms with Gasteiger partial charge >= 0.3 is 6.03 Å². The molecule has 0 radical (unpaired) electrons. The van der Waals surface area contributed by atoms with Crippen LogP contribution < -0.4 is 0 Å². The van der Waals surface area contributed by atoms with Gasteiger partial charge in [0.1, 0.15) is 11.9 Å². The number of likely N-dealkylation sites (N-methyl/N-ethyl adjacent to an activating group) is 1. The molecule has 1 saturated carbocycles. The molecule has 1 aromatic rings. The lowest BCUT2D eigenvalue weighted by Gasteiger charge is -2.41. The molecular weight excluding hydrogens is 320 g/mol. The smallest absolute Gasteiger partial charge is 0.321 e. The van der Waals surface area contributed by atoms with Crippen molar-refractivity contribution in [2.24, 2.45) is 0 Å². The molecule has 1 fully saturated rings. The van der Waals surface area contributed by atoms with Crippen molar-refractivity contribution in [3.05, 3.63) is 11.6 Å². The SMILES string of the molecule is Cc1nnc2n1CC(C(=O)N(C)C)N(C(=O)N(C)C1CCCCC1)C2. The third-order valence-electron chi connectivity index (χ3n) is 5.45. The van der Waals surface area contributed by atoms with Crippen LogP contribution in [0.3, 0.4) is 0 Å². The van der Waals surface area contributed by atoms with Crippen molar-refractivity contribution in [2.45, 2.75) is 64.2 Å². The van der Waals surface area contributed by atoms with Crippen LogP contribution in [0.5, 0.6) is 0 Å². The zero-order chi connectivity index (χ0) is 18.1. The Kier molecular flexibility index (Phi) is 4.96. The average Bonchev–Trinajstić information content (AvgIpc) is 2.99. The molecule has 1 unspecified atom stereocenters. The van der Waals surface area contributed by atoms with E-state index in [1.165, 1.54) is 6.42 Å². The van der Waals surface area contributed by atoms with Gasteiger partial charge in [0.05, 0.1) is 13.1 Å². The number of amides is 3. The minimum Gasteiger partial charge on any atom is -0.347 e. The van der Waals surface area contributed by atoms with E-state index in [1.807, 2.05) is 23.4 Å². The van der Waals surface area contributed by atoms with Crippen molar-refractivity contribution in [3.8, 4) is 0 Å². The van der Waals surface area contributed by atoms with Gasteiger partial charge in [0, 0.05) is 27.2 Å². The Bertz CT molecular complexity index is 650. The molecule has 0 N–H and O–H groups in total. The van der Waals surface area contributed by atoms with Gasteiger partial charge in [-0.15, -0.1) is 10.2 Å². The molecule has 1 aromatic heterocycles. The van der Waals surface area contributed by atoms with E-state index in [2.05, 4.69) is 10.2 Å². The zero-order valence-electron chi connectivity index (χ0n) is 15.6. The molecule has 8 nitrogen and oxygen atoms in total. The van der Waals surface area contributed by atoms with Gasteiger partial charge in [-0.1, -0.05) is 19.3 Å². The van der Waals surface area contributed by atoms with Crippen LogP contribution in [0.2, 0.25) is 0 Å². The second-order valence-corrected chi connectivity index (χ2v) is 7.34.